The predicted octanol–water partition coefficient (Wildman–Crippen LogP) is 1.81. The maximum Gasteiger partial charge on any atom is 0.00825 e. The molecule has 0 bridgehead atoms. The third-order valence-electron chi connectivity index (χ3n) is 2.63. The lowest BCUT2D eigenvalue weighted by Crippen LogP contribution is -2.27. The van der Waals surface area contributed by atoms with Crippen LogP contribution in [0, 0.1) is 6.92 Å². The van der Waals surface area contributed by atoms with Gasteiger partial charge < -0.3 is 5.73 Å². The van der Waals surface area contributed by atoms with Gasteiger partial charge in [0, 0.05) is 6.04 Å². The average molecular weight is 161 g/mol. The summed E-state index contributed by atoms with van der Waals surface area (Å²) < 4.78 is 0. The lowest BCUT2D eigenvalue weighted by molar-refractivity contribution is 0.576. The van der Waals surface area contributed by atoms with E-state index < -0.39 is 0 Å². The maximum atomic E-state index is 5.89. The molecule has 1 heteroatoms. The summed E-state index contributed by atoms with van der Waals surface area (Å²) >= 11 is 0. The normalized spacial score (nSPS) is 22.0. The fourth-order valence-corrected chi connectivity index (χ4v) is 1.91. The van der Waals surface area contributed by atoms with Crippen molar-refractivity contribution in [1.29, 1.82) is 0 Å². The molecule has 1 nitrogen and oxygen atoms in total. The number of nitrogens with two attached hydrogens (primary N) is 1. The van der Waals surface area contributed by atoms with Gasteiger partial charge in [-0.2, -0.15) is 0 Å². The van der Waals surface area contributed by atoms with Crippen molar-refractivity contribution in [3.63, 3.8) is 0 Å². The molecule has 0 saturated carbocycles. The molecule has 1 aromatic carbocycles. The van der Waals surface area contributed by atoms with Crippen molar-refractivity contribution in [3.8, 4) is 0 Å². The molecule has 0 spiro atoms. The highest BCUT2D eigenvalue weighted by molar-refractivity contribution is 5.34. The van der Waals surface area contributed by atoms with E-state index in [1.165, 1.54) is 16.7 Å². The highest BCUT2D eigenvalue weighted by atomic mass is 14.6. The molecule has 1 aliphatic carbocycles. The van der Waals surface area contributed by atoms with Gasteiger partial charge in [0.25, 0.3) is 0 Å². The molecule has 0 saturated heterocycles. The Morgan fingerprint density at radius 2 is 2.17 bits per heavy atom. The van der Waals surface area contributed by atoms with Gasteiger partial charge >= 0.3 is 0 Å². The van der Waals surface area contributed by atoms with Crippen molar-refractivity contribution in [3.05, 3.63) is 34.9 Å². The molecule has 0 amide bonds. The molecule has 0 aromatic heterocycles. The van der Waals surface area contributed by atoms with Gasteiger partial charge in [-0.1, -0.05) is 23.8 Å². The molecular weight excluding hydrogens is 146 g/mol. The van der Waals surface area contributed by atoms with E-state index in [4.69, 9.17) is 5.73 Å². The first-order valence-electron chi connectivity index (χ1n) is 4.59. The van der Waals surface area contributed by atoms with Crippen molar-refractivity contribution in [2.45, 2.75) is 32.2 Å². The van der Waals surface area contributed by atoms with Gasteiger partial charge in [-0.3, -0.25) is 0 Å². The Bertz CT molecular complexity index is 291. The summed E-state index contributed by atoms with van der Waals surface area (Å²) in [6, 6.07) is 7.09. The van der Waals surface area contributed by atoms with Crippen LogP contribution in [-0.2, 0) is 12.8 Å². The topological polar surface area (TPSA) is 26.0 Å². The van der Waals surface area contributed by atoms with Crippen LogP contribution >= 0.6 is 0 Å². The maximum absolute atomic E-state index is 5.89. The van der Waals surface area contributed by atoms with Crippen LogP contribution in [0.4, 0.5) is 0 Å². The molecule has 1 atom stereocenters. The zero-order chi connectivity index (χ0) is 8.55. The van der Waals surface area contributed by atoms with Crippen molar-refractivity contribution in [2.24, 2.45) is 5.73 Å². The summed E-state index contributed by atoms with van der Waals surface area (Å²) in [5, 5.41) is 0. The third-order valence-corrected chi connectivity index (χ3v) is 2.63. The van der Waals surface area contributed by atoms with E-state index in [1.807, 2.05) is 0 Å². The molecule has 2 N–H and O–H groups in total. The first kappa shape index (κ1) is 7.81. The van der Waals surface area contributed by atoms with Crippen LogP contribution in [0.15, 0.2) is 18.2 Å². The van der Waals surface area contributed by atoms with Gasteiger partial charge in [0.05, 0.1) is 0 Å². The Morgan fingerprint density at radius 3 is 3.00 bits per heavy atom. The molecule has 0 fully saturated rings. The Balaban J connectivity index is 2.37. The summed E-state index contributed by atoms with van der Waals surface area (Å²) in [5.74, 6) is 0. The smallest absolute Gasteiger partial charge is 0.00825 e. The Labute approximate surface area is 73.6 Å². The van der Waals surface area contributed by atoms with E-state index >= 15 is 0 Å². The molecule has 0 heterocycles. The summed E-state index contributed by atoms with van der Waals surface area (Å²) in [6.45, 7) is 2.15. The van der Waals surface area contributed by atoms with Crippen molar-refractivity contribution in [2.75, 3.05) is 0 Å². The Kier molecular flexibility index (Phi) is 1.89. The second-order valence-electron chi connectivity index (χ2n) is 3.78. The van der Waals surface area contributed by atoms with Crippen molar-refractivity contribution < 1.29 is 0 Å². The Hall–Kier alpha value is -0.820. The van der Waals surface area contributed by atoms with E-state index in [9.17, 15) is 0 Å². The lowest BCUT2D eigenvalue weighted by atomic mass is 9.88. The van der Waals surface area contributed by atoms with Crippen LogP contribution in [0.25, 0.3) is 0 Å². The van der Waals surface area contributed by atoms with Gasteiger partial charge in [-0.25, -0.2) is 0 Å². The van der Waals surface area contributed by atoms with Gasteiger partial charge in [0.1, 0.15) is 0 Å². The minimum atomic E-state index is 0.389. The Morgan fingerprint density at radius 1 is 1.33 bits per heavy atom. The highest BCUT2D eigenvalue weighted by Gasteiger charge is 2.14. The number of rotatable bonds is 0. The van der Waals surface area contributed by atoms with Gasteiger partial charge in [0.2, 0.25) is 0 Å². The van der Waals surface area contributed by atoms with E-state index in [2.05, 4.69) is 25.1 Å². The third kappa shape index (κ3) is 1.37. The second kappa shape index (κ2) is 2.91. The molecule has 0 unspecified atom stereocenters. The van der Waals surface area contributed by atoms with Crippen LogP contribution < -0.4 is 5.73 Å². The number of hydrogen-bond donors (Lipinski definition) is 1. The summed E-state index contributed by atoms with van der Waals surface area (Å²) in [7, 11) is 0. The van der Waals surface area contributed by atoms with Gasteiger partial charge in [0.15, 0.2) is 0 Å². The van der Waals surface area contributed by atoms with Gasteiger partial charge in [-0.15, -0.1) is 0 Å². The minimum absolute atomic E-state index is 0.389. The van der Waals surface area contributed by atoms with Crippen LogP contribution in [0.5, 0.6) is 0 Å². The molecule has 1 aliphatic rings. The number of fused-ring (bicyclic) bond motifs is 1. The lowest BCUT2D eigenvalue weighted by Gasteiger charge is -2.21. The zero-order valence-corrected chi connectivity index (χ0v) is 7.51. The summed E-state index contributed by atoms with van der Waals surface area (Å²) in [5.41, 5.74) is 10.2. The van der Waals surface area contributed by atoms with E-state index in [0.717, 1.165) is 19.3 Å². The van der Waals surface area contributed by atoms with Crippen LogP contribution in [0.2, 0.25) is 0 Å². The number of hydrogen-bond acceptors (Lipinski definition) is 1. The highest BCUT2D eigenvalue weighted by Crippen LogP contribution is 2.21. The molecular formula is C11H15N. The van der Waals surface area contributed by atoms with E-state index in [0.29, 0.717) is 6.04 Å². The molecule has 12 heavy (non-hydrogen) atoms. The van der Waals surface area contributed by atoms with E-state index in [-0.39, 0.29) is 0 Å². The van der Waals surface area contributed by atoms with Crippen LogP contribution in [0.1, 0.15) is 23.1 Å². The first-order chi connectivity index (χ1) is 5.75. The standard InChI is InChI=1S/C11H15N/c1-8-2-3-10-7-11(12)5-4-9(10)6-8/h2-3,6,11H,4-5,7,12H2,1H3/t11-/m1/s1. The quantitative estimate of drug-likeness (QED) is 0.617. The van der Waals surface area contributed by atoms with Crippen molar-refractivity contribution >= 4 is 0 Å². The van der Waals surface area contributed by atoms with Crippen molar-refractivity contribution in [1.82, 2.24) is 0 Å². The zero-order valence-electron chi connectivity index (χ0n) is 7.51. The number of aryl methyl sites for hydroxylation is 2. The molecule has 0 aliphatic heterocycles. The predicted molar refractivity (Wildman–Crippen MR) is 51.2 cm³/mol. The number of benzene rings is 1. The fourth-order valence-electron chi connectivity index (χ4n) is 1.91. The summed E-state index contributed by atoms with van der Waals surface area (Å²) in [4.78, 5) is 0. The summed E-state index contributed by atoms with van der Waals surface area (Å²) in [6.07, 6.45) is 3.38. The SMILES string of the molecule is Cc1ccc2c(c1)CC[C@@H](N)C2. The van der Waals surface area contributed by atoms with E-state index in [1.54, 1.807) is 0 Å². The molecule has 64 valence electrons. The molecule has 2 rings (SSSR count). The second-order valence-corrected chi connectivity index (χ2v) is 3.78. The van der Waals surface area contributed by atoms with Crippen LogP contribution in [-0.4, -0.2) is 6.04 Å². The molecule has 1 aromatic rings. The average Bonchev–Trinajstić information content (AvgIpc) is 2.05. The first-order valence-corrected chi connectivity index (χ1v) is 4.59. The monoisotopic (exact) mass is 161 g/mol. The van der Waals surface area contributed by atoms with Gasteiger partial charge in [-0.05, 0) is 37.3 Å². The van der Waals surface area contributed by atoms with Crippen LogP contribution in [0.3, 0.4) is 0 Å². The largest absolute Gasteiger partial charge is 0.327 e. The fraction of sp³-hybridized carbons (Fsp3) is 0.455. The molecule has 0 radical (unpaired) electrons. The minimum Gasteiger partial charge on any atom is -0.327 e.